The molecule has 0 unspecified atom stereocenters. The molecule has 0 atom stereocenters. The first-order chi connectivity index (χ1) is 21.6. The van der Waals surface area contributed by atoms with Gasteiger partial charge >= 0.3 is 0 Å². The van der Waals surface area contributed by atoms with Crippen LogP contribution in [0, 0.1) is 0 Å². The van der Waals surface area contributed by atoms with Gasteiger partial charge in [0.15, 0.2) is 5.82 Å². The monoisotopic (exact) mass is 563 g/mol. The molecule has 0 amide bonds. The highest BCUT2D eigenvalue weighted by Crippen LogP contribution is 2.53. The molecule has 208 valence electrons. The Kier molecular flexibility index (Phi) is 5.24. The Hall–Kier alpha value is -5.54. The van der Waals surface area contributed by atoms with Crippen molar-refractivity contribution in [3.8, 4) is 39.3 Å². The lowest BCUT2D eigenvalue weighted by molar-refractivity contribution is 0.666. The summed E-state index contributed by atoms with van der Waals surface area (Å²) in [6.45, 7) is 4.70. The maximum Gasteiger partial charge on any atom is 0.159 e. The summed E-state index contributed by atoms with van der Waals surface area (Å²) < 4.78 is 2.38. The van der Waals surface area contributed by atoms with Crippen LogP contribution in [0.3, 0.4) is 0 Å². The number of hydrogen-bond acceptors (Lipinski definition) is 2. The third-order valence-corrected chi connectivity index (χ3v) is 9.45. The summed E-state index contributed by atoms with van der Waals surface area (Å²) >= 11 is 0. The number of hydrogen-bond donors (Lipinski definition) is 0. The van der Waals surface area contributed by atoms with Crippen molar-refractivity contribution in [1.29, 1.82) is 0 Å². The summed E-state index contributed by atoms with van der Waals surface area (Å²) in [6.07, 6.45) is 2.02. The fraction of sp³-hybridized carbons (Fsp3) is 0.0732. The van der Waals surface area contributed by atoms with Gasteiger partial charge in [0.1, 0.15) is 5.52 Å². The summed E-state index contributed by atoms with van der Waals surface area (Å²) in [5.74, 6) is 0.743. The zero-order valence-corrected chi connectivity index (χ0v) is 24.6. The van der Waals surface area contributed by atoms with Gasteiger partial charge in [-0.05, 0) is 50.9 Å². The van der Waals surface area contributed by atoms with Crippen LogP contribution in [0.1, 0.15) is 25.0 Å². The molecule has 0 aliphatic heterocycles. The quantitative estimate of drug-likeness (QED) is 0.214. The minimum absolute atomic E-state index is 0.179. The van der Waals surface area contributed by atoms with Crippen LogP contribution in [0.2, 0.25) is 0 Å². The second-order valence-electron chi connectivity index (χ2n) is 12.2. The summed E-state index contributed by atoms with van der Waals surface area (Å²) in [5, 5.41) is 3.62. The molecule has 1 aliphatic rings. The first-order valence-corrected chi connectivity index (χ1v) is 15.2. The first-order valence-electron chi connectivity index (χ1n) is 15.2. The predicted molar refractivity (Wildman–Crippen MR) is 182 cm³/mol. The SMILES string of the molecule is CC1(C)c2ccccc2-c2ccc3c(c21)c1nc(-c2ccccc2)ncc1n3-c1ccc(-c2ccccc2)c2ccccc12. The number of nitrogens with zero attached hydrogens (tertiary/aromatic N) is 3. The Morgan fingerprint density at radius 2 is 1.20 bits per heavy atom. The van der Waals surface area contributed by atoms with Crippen molar-refractivity contribution in [3.05, 3.63) is 151 Å². The first kappa shape index (κ1) is 25.0. The molecule has 0 fully saturated rings. The fourth-order valence-electron chi connectivity index (χ4n) is 7.48. The highest BCUT2D eigenvalue weighted by atomic mass is 15.0. The molecule has 0 saturated heterocycles. The largest absolute Gasteiger partial charge is 0.306 e. The van der Waals surface area contributed by atoms with Gasteiger partial charge in [0.25, 0.3) is 0 Å². The molecule has 0 saturated carbocycles. The van der Waals surface area contributed by atoms with Gasteiger partial charge in [-0.15, -0.1) is 0 Å². The molecule has 3 nitrogen and oxygen atoms in total. The zero-order chi connectivity index (χ0) is 29.4. The maximum atomic E-state index is 5.34. The molecule has 0 N–H and O–H groups in total. The van der Waals surface area contributed by atoms with E-state index >= 15 is 0 Å². The molecule has 0 radical (unpaired) electrons. The van der Waals surface area contributed by atoms with Crippen LogP contribution in [-0.4, -0.2) is 14.5 Å². The van der Waals surface area contributed by atoms with Crippen LogP contribution in [0.25, 0.3) is 72.0 Å². The van der Waals surface area contributed by atoms with E-state index in [1.54, 1.807) is 0 Å². The molecule has 2 aromatic heterocycles. The number of benzene rings is 6. The van der Waals surface area contributed by atoms with E-state index in [9.17, 15) is 0 Å². The highest BCUT2D eigenvalue weighted by molar-refractivity contribution is 6.14. The van der Waals surface area contributed by atoms with Gasteiger partial charge in [-0.3, -0.25) is 0 Å². The topological polar surface area (TPSA) is 30.7 Å². The van der Waals surface area contributed by atoms with E-state index in [0.29, 0.717) is 0 Å². The van der Waals surface area contributed by atoms with E-state index in [0.717, 1.165) is 33.6 Å². The van der Waals surface area contributed by atoms with Crippen LogP contribution in [0.5, 0.6) is 0 Å². The van der Waals surface area contributed by atoms with Crippen molar-refractivity contribution < 1.29 is 0 Å². The summed E-state index contributed by atoms with van der Waals surface area (Å²) in [6, 6.07) is 47.6. The van der Waals surface area contributed by atoms with E-state index in [2.05, 4.69) is 134 Å². The molecular formula is C41H29N3. The van der Waals surface area contributed by atoms with Crippen LogP contribution in [-0.2, 0) is 5.41 Å². The predicted octanol–water partition coefficient (Wildman–Crippen LogP) is 10.4. The van der Waals surface area contributed by atoms with E-state index < -0.39 is 0 Å². The van der Waals surface area contributed by atoms with Crippen molar-refractivity contribution in [1.82, 2.24) is 14.5 Å². The maximum absolute atomic E-state index is 5.34. The summed E-state index contributed by atoms with van der Waals surface area (Å²) in [7, 11) is 0. The van der Waals surface area contributed by atoms with Gasteiger partial charge < -0.3 is 4.57 Å². The number of aromatic nitrogens is 3. The standard InChI is InChI=1S/C41H29N3/c1-41(2)33-20-12-11-18-30(33)32-22-24-35-37(38(32)41)39-36(25-42-40(43-39)27-15-7-4-8-16-27)44(35)34-23-21-28(26-13-5-3-6-14-26)29-17-9-10-19-31(29)34/h3-25H,1-2H3. The molecule has 44 heavy (non-hydrogen) atoms. The molecule has 8 aromatic rings. The van der Waals surface area contributed by atoms with Crippen molar-refractivity contribution in [2.24, 2.45) is 0 Å². The number of fused-ring (bicyclic) bond motifs is 8. The molecule has 0 bridgehead atoms. The number of rotatable bonds is 3. The minimum Gasteiger partial charge on any atom is -0.306 e. The van der Waals surface area contributed by atoms with Crippen LogP contribution in [0.4, 0.5) is 0 Å². The van der Waals surface area contributed by atoms with Crippen LogP contribution >= 0.6 is 0 Å². The Morgan fingerprint density at radius 1 is 0.545 bits per heavy atom. The van der Waals surface area contributed by atoms with Crippen molar-refractivity contribution in [3.63, 3.8) is 0 Å². The minimum atomic E-state index is -0.179. The van der Waals surface area contributed by atoms with E-state index in [1.807, 2.05) is 24.4 Å². The third kappa shape index (κ3) is 3.44. The van der Waals surface area contributed by atoms with Gasteiger partial charge in [0.2, 0.25) is 0 Å². The van der Waals surface area contributed by atoms with Crippen molar-refractivity contribution in [2.45, 2.75) is 19.3 Å². The molecule has 1 aliphatic carbocycles. The third-order valence-electron chi connectivity index (χ3n) is 9.45. The van der Waals surface area contributed by atoms with Crippen LogP contribution in [0.15, 0.2) is 140 Å². The Bertz CT molecular complexity index is 2400. The van der Waals surface area contributed by atoms with Gasteiger partial charge in [0, 0.05) is 21.8 Å². The second kappa shape index (κ2) is 9.23. The van der Waals surface area contributed by atoms with Gasteiger partial charge in [-0.2, -0.15) is 0 Å². The molecule has 0 spiro atoms. The van der Waals surface area contributed by atoms with E-state index in [1.165, 1.54) is 49.5 Å². The van der Waals surface area contributed by atoms with Gasteiger partial charge in [0.05, 0.1) is 22.9 Å². The molecule has 9 rings (SSSR count). The lowest BCUT2D eigenvalue weighted by Gasteiger charge is -2.22. The summed E-state index contributed by atoms with van der Waals surface area (Å²) in [5.41, 5.74) is 12.9. The fourth-order valence-corrected chi connectivity index (χ4v) is 7.48. The van der Waals surface area contributed by atoms with Gasteiger partial charge in [-0.25, -0.2) is 9.97 Å². The Morgan fingerprint density at radius 3 is 2.00 bits per heavy atom. The Balaban J connectivity index is 1.41. The summed E-state index contributed by atoms with van der Waals surface area (Å²) in [4.78, 5) is 10.3. The average molecular weight is 564 g/mol. The average Bonchev–Trinajstić information content (AvgIpc) is 3.53. The van der Waals surface area contributed by atoms with Gasteiger partial charge in [-0.1, -0.05) is 135 Å². The molecule has 3 heteroatoms. The zero-order valence-electron chi connectivity index (χ0n) is 24.6. The van der Waals surface area contributed by atoms with E-state index in [4.69, 9.17) is 9.97 Å². The van der Waals surface area contributed by atoms with Crippen molar-refractivity contribution >= 4 is 32.7 Å². The lowest BCUT2D eigenvalue weighted by atomic mass is 9.81. The Labute approximate surface area is 256 Å². The normalized spacial score (nSPS) is 13.4. The molecular weight excluding hydrogens is 534 g/mol. The molecule has 6 aromatic carbocycles. The van der Waals surface area contributed by atoms with Crippen molar-refractivity contribution in [2.75, 3.05) is 0 Å². The lowest BCUT2D eigenvalue weighted by Crippen LogP contribution is -2.15. The van der Waals surface area contributed by atoms with Crippen LogP contribution < -0.4 is 0 Å². The molecule has 2 heterocycles. The second-order valence-corrected chi connectivity index (χ2v) is 12.2. The van der Waals surface area contributed by atoms with E-state index in [-0.39, 0.29) is 5.41 Å². The smallest absolute Gasteiger partial charge is 0.159 e. The highest BCUT2D eigenvalue weighted by Gasteiger charge is 2.38.